The van der Waals surface area contributed by atoms with Gasteiger partial charge >= 0.3 is 6.18 Å². The van der Waals surface area contributed by atoms with Crippen LogP contribution >= 0.6 is 0 Å². The van der Waals surface area contributed by atoms with Crippen LogP contribution in [0.3, 0.4) is 0 Å². The van der Waals surface area contributed by atoms with Gasteiger partial charge in [0.2, 0.25) is 0 Å². The van der Waals surface area contributed by atoms with Gasteiger partial charge in [-0.15, -0.1) is 0 Å². The molecule has 5 nitrogen and oxygen atoms in total. The van der Waals surface area contributed by atoms with E-state index in [0.717, 1.165) is 36.7 Å². The Labute approximate surface area is 230 Å². The third-order valence-electron chi connectivity index (χ3n) is 6.72. The van der Waals surface area contributed by atoms with Crippen molar-refractivity contribution in [2.45, 2.75) is 69.9 Å². The van der Waals surface area contributed by atoms with Crippen molar-refractivity contribution in [3.05, 3.63) is 59.7 Å². The van der Waals surface area contributed by atoms with Crippen molar-refractivity contribution in [1.82, 2.24) is 0 Å². The van der Waals surface area contributed by atoms with Crippen LogP contribution < -0.4 is 0 Å². The third-order valence-corrected chi connectivity index (χ3v) is 6.72. The molecule has 0 spiro atoms. The molecule has 1 aliphatic rings. The van der Waals surface area contributed by atoms with Gasteiger partial charge in [0, 0.05) is 18.6 Å². The molecule has 1 aliphatic carbocycles. The van der Waals surface area contributed by atoms with E-state index >= 15 is 0 Å². The minimum Gasteiger partial charge on any atom is -0.396 e. The summed E-state index contributed by atoms with van der Waals surface area (Å²) in [5.41, 5.74) is 1.41. The molecule has 1 fully saturated rings. The van der Waals surface area contributed by atoms with Crippen molar-refractivity contribution in [2.75, 3.05) is 33.6 Å². The molecule has 0 amide bonds. The summed E-state index contributed by atoms with van der Waals surface area (Å²) in [6.07, 6.45) is 6.48. The number of rotatable bonds is 14. The Hall–Kier alpha value is -2.36. The second-order valence-electron chi connectivity index (χ2n) is 9.76. The predicted octanol–water partition coefficient (Wildman–Crippen LogP) is 6.33. The van der Waals surface area contributed by atoms with Crippen LogP contribution in [0.4, 0.5) is 17.6 Å². The van der Waals surface area contributed by atoms with Gasteiger partial charge in [0.05, 0.1) is 32.1 Å². The Morgan fingerprint density at radius 1 is 1.00 bits per heavy atom. The first-order valence-corrected chi connectivity index (χ1v) is 13.3. The van der Waals surface area contributed by atoms with Gasteiger partial charge in [-0.3, -0.25) is 14.0 Å². The number of ether oxygens (including phenoxy) is 1. The fraction of sp³-hybridized carbons (Fsp3) is 0.600. The second-order valence-corrected chi connectivity index (χ2v) is 9.76. The van der Waals surface area contributed by atoms with Crippen LogP contribution in [-0.4, -0.2) is 62.6 Å². The zero-order chi connectivity index (χ0) is 29.7. The van der Waals surface area contributed by atoms with E-state index in [2.05, 4.69) is 37.4 Å². The minimum absolute atomic E-state index is 0.0757. The number of aryl methyl sites for hydroxylation is 1. The summed E-state index contributed by atoms with van der Waals surface area (Å²) >= 11 is 0. The van der Waals surface area contributed by atoms with Gasteiger partial charge in [-0.25, -0.2) is 0 Å². The van der Waals surface area contributed by atoms with Crippen molar-refractivity contribution in [3.63, 3.8) is 0 Å². The van der Waals surface area contributed by atoms with E-state index in [1.54, 1.807) is 7.11 Å². The summed E-state index contributed by atoms with van der Waals surface area (Å²) in [5, 5.41) is 17.4. The number of carbonyl (C=O) groups is 2. The highest BCUT2D eigenvalue weighted by atomic mass is 19.4. The molecule has 1 aromatic carbocycles. The molecule has 9 heteroatoms. The first kappa shape index (κ1) is 36.6. The number of hydrogen-bond acceptors (Lipinski definition) is 5. The standard InChI is InChI=1S/C22H35FO2.C4H3F3O.C4H6O2/c1-25-17-22(16-24)21-13-11-20(12-14-21)10-9-19-7-5-18(6-8-19)4-2-3-15-23;1-3(2-8)4(5,6)7;1-4(2-5)3-6/h11-14,18-19,22,24H,2-10,15-17H2,1H3;2H,1H2;2,6H,1,3H2. The van der Waals surface area contributed by atoms with Crippen molar-refractivity contribution in [3.8, 4) is 0 Å². The molecule has 0 bridgehead atoms. The zero-order valence-electron chi connectivity index (χ0n) is 22.9. The van der Waals surface area contributed by atoms with Gasteiger partial charge in [-0.1, -0.05) is 75.9 Å². The summed E-state index contributed by atoms with van der Waals surface area (Å²) in [6.45, 7) is 5.92. The molecular weight excluding hydrogens is 516 g/mol. The molecule has 0 saturated heterocycles. The topological polar surface area (TPSA) is 83.8 Å². The van der Waals surface area contributed by atoms with E-state index in [1.165, 1.54) is 44.1 Å². The number of halogens is 4. The molecule has 0 aromatic heterocycles. The zero-order valence-corrected chi connectivity index (χ0v) is 22.9. The Bertz CT molecular complexity index is 816. The number of hydrogen-bond donors (Lipinski definition) is 2. The number of aliphatic hydroxyl groups is 2. The normalized spacial score (nSPS) is 17.5. The third kappa shape index (κ3) is 17.0. The first-order chi connectivity index (χ1) is 18.6. The van der Waals surface area contributed by atoms with Crippen LogP contribution in [0, 0.1) is 11.8 Å². The number of aliphatic hydroxyl groups excluding tert-OH is 2. The summed E-state index contributed by atoms with van der Waals surface area (Å²) in [6, 6.07) is 8.68. The van der Waals surface area contributed by atoms with Crippen molar-refractivity contribution >= 4 is 12.6 Å². The predicted molar refractivity (Wildman–Crippen MR) is 145 cm³/mol. The number of alkyl halides is 4. The molecule has 1 saturated carbocycles. The van der Waals surface area contributed by atoms with E-state index in [-0.39, 0.29) is 37.7 Å². The van der Waals surface area contributed by atoms with E-state index in [4.69, 9.17) is 9.84 Å². The molecule has 0 radical (unpaired) electrons. The Morgan fingerprint density at radius 3 is 1.92 bits per heavy atom. The molecule has 2 N–H and O–H groups in total. The average Bonchev–Trinajstić information content (AvgIpc) is 2.95. The van der Waals surface area contributed by atoms with Crippen LogP contribution in [0.15, 0.2) is 48.6 Å². The lowest BCUT2D eigenvalue weighted by Gasteiger charge is -2.28. The molecule has 2 rings (SSSR count). The highest BCUT2D eigenvalue weighted by Gasteiger charge is 2.31. The monoisotopic (exact) mass is 560 g/mol. The van der Waals surface area contributed by atoms with Gasteiger partial charge < -0.3 is 14.9 Å². The Balaban J connectivity index is 0.000000849. The van der Waals surface area contributed by atoms with Gasteiger partial charge in [-0.2, -0.15) is 13.2 Å². The lowest BCUT2D eigenvalue weighted by Crippen LogP contribution is -2.15. The van der Waals surface area contributed by atoms with E-state index < -0.39 is 11.7 Å². The van der Waals surface area contributed by atoms with Gasteiger partial charge in [-0.05, 0) is 42.2 Å². The fourth-order valence-corrected chi connectivity index (χ4v) is 4.22. The molecule has 39 heavy (non-hydrogen) atoms. The number of benzene rings is 1. The smallest absolute Gasteiger partial charge is 0.396 e. The second kappa shape index (κ2) is 21.5. The summed E-state index contributed by atoms with van der Waals surface area (Å²) in [4.78, 5) is 18.8. The van der Waals surface area contributed by atoms with E-state index in [0.29, 0.717) is 12.9 Å². The number of methoxy groups -OCH3 is 1. The summed E-state index contributed by atoms with van der Waals surface area (Å²) in [5.74, 6) is 1.78. The average molecular weight is 561 g/mol. The molecule has 222 valence electrons. The quantitative estimate of drug-likeness (QED) is 0.120. The van der Waals surface area contributed by atoms with E-state index in [9.17, 15) is 32.3 Å². The fourth-order valence-electron chi connectivity index (χ4n) is 4.22. The molecule has 0 heterocycles. The Kier molecular flexibility index (Phi) is 20.2. The maximum absolute atomic E-state index is 12.2. The van der Waals surface area contributed by atoms with Crippen LogP contribution in [0.1, 0.15) is 68.4 Å². The lowest BCUT2D eigenvalue weighted by molar-refractivity contribution is -0.119. The van der Waals surface area contributed by atoms with Crippen LogP contribution in [0.25, 0.3) is 0 Å². The highest BCUT2D eigenvalue weighted by molar-refractivity contribution is 5.73. The summed E-state index contributed by atoms with van der Waals surface area (Å²) < 4.78 is 50.7. The molecule has 0 aliphatic heterocycles. The summed E-state index contributed by atoms with van der Waals surface area (Å²) in [7, 11) is 1.67. The van der Waals surface area contributed by atoms with Crippen molar-refractivity contribution in [2.24, 2.45) is 11.8 Å². The van der Waals surface area contributed by atoms with Gasteiger partial charge in [0.1, 0.15) is 6.29 Å². The highest BCUT2D eigenvalue weighted by Crippen LogP contribution is 2.34. The molecule has 1 aromatic rings. The van der Waals surface area contributed by atoms with Gasteiger partial charge in [0.15, 0.2) is 6.29 Å². The van der Waals surface area contributed by atoms with Crippen LogP contribution in [0.2, 0.25) is 0 Å². The number of unbranched alkanes of at least 4 members (excludes halogenated alkanes) is 1. The minimum atomic E-state index is -4.55. The first-order valence-electron chi connectivity index (χ1n) is 13.3. The Morgan fingerprint density at radius 2 is 1.56 bits per heavy atom. The number of aldehydes is 2. The van der Waals surface area contributed by atoms with Crippen molar-refractivity contribution in [1.29, 1.82) is 0 Å². The molecular formula is C30H44F4O5. The van der Waals surface area contributed by atoms with Crippen molar-refractivity contribution < 1.29 is 42.1 Å². The van der Waals surface area contributed by atoms with Crippen LogP contribution in [0.5, 0.6) is 0 Å². The lowest BCUT2D eigenvalue weighted by atomic mass is 9.78. The molecule has 1 atom stereocenters. The number of allylic oxidation sites excluding steroid dienone is 1. The van der Waals surface area contributed by atoms with Crippen LogP contribution in [-0.2, 0) is 20.7 Å². The van der Waals surface area contributed by atoms with Gasteiger partial charge in [0.25, 0.3) is 0 Å². The maximum Gasteiger partial charge on any atom is 0.418 e. The van der Waals surface area contributed by atoms with E-state index in [1.807, 2.05) is 0 Å². The SMILES string of the molecule is C=C(C=O)C(F)(F)F.C=C(C=O)CO.COCC(CO)c1ccc(CCC2CCC(CCCCF)CC2)cc1. The molecule has 1 unspecified atom stereocenters. The largest absolute Gasteiger partial charge is 0.418 e. The number of carbonyl (C=O) groups excluding carboxylic acids is 2. The maximum atomic E-state index is 12.2.